The Labute approximate surface area is 158 Å². The molecule has 1 aliphatic carbocycles. The second-order valence-electron chi connectivity index (χ2n) is 6.31. The van der Waals surface area contributed by atoms with Gasteiger partial charge in [0.2, 0.25) is 0 Å². The van der Waals surface area contributed by atoms with Crippen molar-refractivity contribution in [1.29, 1.82) is 0 Å². The van der Waals surface area contributed by atoms with E-state index < -0.39 is 29.0 Å². The monoisotopic (exact) mass is 392 g/mol. The van der Waals surface area contributed by atoms with Gasteiger partial charge in [0.05, 0.1) is 17.3 Å². The third kappa shape index (κ3) is 4.19. The first-order valence-corrected chi connectivity index (χ1v) is 8.32. The van der Waals surface area contributed by atoms with Crippen LogP contribution in [0.2, 0.25) is 0 Å². The van der Waals surface area contributed by atoms with E-state index in [2.05, 4.69) is 15.3 Å². The first kappa shape index (κ1) is 19.5. The Morgan fingerprint density at radius 2 is 1.93 bits per heavy atom. The summed E-state index contributed by atoms with van der Waals surface area (Å²) >= 11 is 0. The minimum absolute atomic E-state index is 0.111. The fraction of sp³-hybridized carbons (Fsp3) is 0.211. The Kier molecular flexibility index (Phi) is 5.17. The number of amides is 1. The van der Waals surface area contributed by atoms with Crippen LogP contribution in [0.3, 0.4) is 0 Å². The SMILES string of the molecule is NC(/C=C\Nc1ccc(C(F)(F)F)nc1)=NC(=O)C1(c2ccccc2F)CC1. The molecule has 0 atom stereocenters. The van der Waals surface area contributed by atoms with E-state index in [4.69, 9.17) is 5.73 Å². The molecule has 146 valence electrons. The van der Waals surface area contributed by atoms with Gasteiger partial charge in [-0.3, -0.25) is 4.79 Å². The summed E-state index contributed by atoms with van der Waals surface area (Å²) in [5, 5.41) is 2.68. The zero-order valence-corrected chi connectivity index (χ0v) is 14.5. The number of hydrogen-bond acceptors (Lipinski definition) is 3. The second-order valence-corrected chi connectivity index (χ2v) is 6.31. The topological polar surface area (TPSA) is 80.4 Å². The molecular weight excluding hydrogens is 376 g/mol. The van der Waals surface area contributed by atoms with Crippen molar-refractivity contribution in [2.24, 2.45) is 10.7 Å². The van der Waals surface area contributed by atoms with Crippen molar-refractivity contribution < 1.29 is 22.4 Å². The van der Waals surface area contributed by atoms with E-state index in [0.29, 0.717) is 24.1 Å². The molecule has 0 saturated heterocycles. The van der Waals surface area contributed by atoms with Crippen LogP contribution in [0.25, 0.3) is 0 Å². The van der Waals surface area contributed by atoms with Crippen molar-refractivity contribution >= 4 is 17.4 Å². The van der Waals surface area contributed by atoms with E-state index in [1.807, 2.05) is 0 Å². The Morgan fingerprint density at radius 1 is 1.21 bits per heavy atom. The number of halogens is 4. The van der Waals surface area contributed by atoms with Gasteiger partial charge in [0.25, 0.3) is 5.91 Å². The number of aromatic nitrogens is 1. The molecule has 0 radical (unpaired) electrons. The molecule has 9 heteroatoms. The van der Waals surface area contributed by atoms with Gasteiger partial charge in [-0.2, -0.15) is 18.2 Å². The van der Waals surface area contributed by atoms with Gasteiger partial charge in [0.1, 0.15) is 17.3 Å². The molecule has 3 rings (SSSR count). The van der Waals surface area contributed by atoms with Gasteiger partial charge < -0.3 is 11.1 Å². The van der Waals surface area contributed by atoms with Crippen LogP contribution < -0.4 is 11.1 Å². The van der Waals surface area contributed by atoms with Crippen molar-refractivity contribution in [3.8, 4) is 0 Å². The Hall–Kier alpha value is -3.23. The largest absolute Gasteiger partial charge is 0.433 e. The van der Waals surface area contributed by atoms with Gasteiger partial charge in [-0.15, -0.1) is 0 Å². The number of carbonyl (C=O) groups is 1. The van der Waals surface area contributed by atoms with Gasteiger partial charge in [0, 0.05) is 11.8 Å². The molecule has 1 aromatic carbocycles. The summed E-state index contributed by atoms with van der Waals surface area (Å²) in [6.45, 7) is 0. The smallest absolute Gasteiger partial charge is 0.384 e. The van der Waals surface area contributed by atoms with Crippen LogP contribution in [0.15, 0.2) is 59.9 Å². The highest BCUT2D eigenvalue weighted by Gasteiger charge is 2.52. The molecule has 1 saturated carbocycles. The minimum atomic E-state index is -4.51. The van der Waals surface area contributed by atoms with Crippen LogP contribution in [0, 0.1) is 5.82 Å². The van der Waals surface area contributed by atoms with E-state index in [-0.39, 0.29) is 5.84 Å². The van der Waals surface area contributed by atoms with Gasteiger partial charge in [-0.1, -0.05) is 18.2 Å². The molecule has 5 nitrogen and oxygen atoms in total. The zero-order valence-electron chi connectivity index (χ0n) is 14.5. The van der Waals surface area contributed by atoms with Gasteiger partial charge >= 0.3 is 6.18 Å². The highest BCUT2D eigenvalue weighted by atomic mass is 19.4. The standard InChI is InChI=1S/C19H16F4N4O/c20-14-4-2-1-3-13(14)18(8-9-18)17(28)27-16(24)7-10-25-12-5-6-15(26-11-12)19(21,22)23/h1-7,10-11,25H,8-9H2,(H2,24,27,28)/b10-7-. The number of pyridine rings is 1. The molecule has 28 heavy (non-hydrogen) atoms. The van der Waals surface area contributed by atoms with Gasteiger partial charge in [-0.05, 0) is 37.1 Å². The van der Waals surface area contributed by atoms with Crippen molar-refractivity contribution in [2.75, 3.05) is 5.32 Å². The third-order valence-electron chi connectivity index (χ3n) is 4.34. The summed E-state index contributed by atoms with van der Waals surface area (Å²) in [6.07, 6.45) is 0.0867. The maximum absolute atomic E-state index is 14.0. The molecule has 1 fully saturated rings. The highest BCUT2D eigenvalue weighted by molar-refractivity contribution is 6.04. The van der Waals surface area contributed by atoms with E-state index in [0.717, 1.165) is 12.3 Å². The van der Waals surface area contributed by atoms with Crippen molar-refractivity contribution in [1.82, 2.24) is 4.98 Å². The van der Waals surface area contributed by atoms with E-state index >= 15 is 0 Å². The molecule has 0 bridgehead atoms. The Balaban J connectivity index is 1.64. The predicted octanol–water partition coefficient (Wildman–Crippen LogP) is 3.78. The average Bonchev–Trinajstić information content (AvgIpc) is 3.43. The van der Waals surface area contributed by atoms with Crippen LogP contribution in [-0.2, 0) is 16.4 Å². The fourth-order valence-electron chi connectivity index (χ4n) is 2.70. The number of nitrogens with zero attached hydrogens (tertiary/aromatic N) is 2. The number of rotatable bonds is 5. The lowest BCUT2D eigenvalue weighted by atomic mass is 9.94. The van der Waals surface area contributed by atoms with Crippen molar-refractivity contribution in [2.45, 2.75) is 24.4 Å². The number of nitrogens with two attached hydrogens (primary N) is 1. The zero-order chi connectivity index (χ0) is 20.4. The maximum atomic E-state index is 14.0. The van der Waals surface area contributed by atoms with Crippen molar-refractivity contribution in [3.05, 3.63) is 71.9 Å². The molecule has 1 amide bonds. The van der Waals surface area contributed by atoms with Crippen LogP contribution in [0.5, 0.6) is 0 Å². The second kappa shape index (κ2) is 7.41. The van der Waals surface area contributed by atoms with Crippen molar-refractivity contribution in [3.63, 3.8) is 0 Å². The number of amidine groups is 1. The maximum Gasteiger partial charge on any atom is 0.433 e. The summed E-state index contributed by atoms with van der Waals surface area (Å²) in [7, 11) is 0. The number of aliphatic imine (C=N–C) groups is 1. The number of benzene rings is 1. The number of carbonyl (C=O) groups excluding carboxylic acids is 1. The summed E-state index contributed by atoms with van der Waals surface area (Å²) in [5.74, 6) is -1.11. The molecule has 1 heterocycles. The Morgan fingerprint density at radius 3 is 2.50 bits per heavy atom. The highest BCUT2D eigenvalue weighted by Crippen LogP contribution is 2.50. The fourth-order valence-corrected chi connectivity index (χ4v) is 2.70. The quantitative estimate of drug-likeness (QED) is 0.461. The summed E-state index contributed by atoms with van der Waals surface area (Å²) in [5.41, 5.74) is 4.32. The normalized spacial score (nSPS) is 16.2. The van der Waals surface area contributed by atoms with E-state index in [1.54, 1.807) is 18.2 Å². The lowest BCUT2D eigenvalue weighted by Crippen LogP contribution is -2.23. The molecule has 2 aromatic rings. The van der Waals surface area contributed by atoms with Crippen LogP contribution >= 0.6 is 0 Å². The number of anilines is 1. The summed E-state index contributed by atoms with van der Waals surface area (Å²) in [6, 6.07) is 8.08. The predicted molar refractivity (Wildman–Crippen MR) is 95.9 cm³/mol. The molecular formula is C19H16F4N4O. The lowest BCUT2D eigenvalue weighted by Gasteiger charge is -2.12. The number of nitrogens with one attached hydrogen (secondary N) is 1. The molecule has 0 aliphatic heterocycles. The molecule has 1 aromatic heterocycles. The van der Waals surface area contributed by atoms with Crippen LogP contribution in [0.4, 0.5) is 23.2 Å². The first-order chi connectivity index (χ1) is 13.2. The summed E-state index contributed by atoms with van der Waals surface area (Å²) in [4.78, 5) is 19.6. The lowest BCUT2D eigenvalue weighted by molar-refractivity contribution is -0.141. The third-order valence-corrected chi connectivity index (χ3v) is 4.34. The Bertz CT molecular complexity index is 932. The first-order valence-electron chi connectivity index (χ1n) is 8.32. The molecule has 3 N–H and O–H groups in total. The van der Waals surface area contributed by atoms with E-state index in [1.165, 1.54) is 24.4 Å². The van der Waals surface area contributed by atoms with Gasteiger partial charge in [0.15, 0.2) is 0 Å². The van der Waals surface area contributed by atoms with Gasteiger partial charge in [-0.25, -0.2) is 9.37 Å². The molecule has 0 spiro atoms. The average molecular weight is 392 g/mol. The van der Waals surface area contributed by atoms with Crippen LogP contribution in [-0.4, -0.2) is 16.7 Å². The number of hydrogen-bond donors (Lipinski definition) is 2. The number of alkyl halides is 3. The van der Waals surface area contributed by atoms with Crippen LogP contribution in [0.1, 0.15) is 24.1 Å². The molecule has 0 unspecified atom stereocenters. The van der Waals surface area contributed by atoms with E-state index in [9.17, 15) is 22.4 Å². The molecule has 1 aliphatic rings. The summed E-state index contributed by atoms with van der Waals surface area (Å²) < 4.78 is 51.4. The minimum Gasteiger partial charge on any atom is -0.384 e.